The first-order chi connectivity index (χ1) is 12.7. The maximum absolute atomic E-state index is 12.5. The number of likely N-dealkylation sites (N-methyl/N-ethyl adjacent to an activating group) is 1. The van der Waals surface area contributed by atoms with Gasteiger partial charge < -0.3 is 10.2 Å². The minimum Gasteiger partial charge on any atom is -0.352 e. The Hall–Kier alpha value is -2.21. The standard InChI is InChI=1S/C20H27N5O/c1-24-10-9-17(13-24)19-14-25(23-22-19)18-8-4-7-16(11-18)20(26)21-12-15-5-2-3-6-15/h4,7-8,11,14-15,17H,2-3,5-6,9-10,12-13H2,1H3,(H,21,26). The predicted octanol–water partition coefficient (Wildman–Crippen LogP) is 2.61. The molecular formula is C20H27N5O. The van der Waals surface area contributed by atoms with E-state index in [-0.39, 0.29) is 5.91 Å². The highest BCUT2D eigenvalue weighted by Crippen LogP contribution is 2.25. The van der Waals surface area contributed by atoms with E-state index in [1.54, 1.807) is 4.68 Å². The first-order valence-corrected chi connectivity index (χ1v) is 9.68. The van der Waals surface area contributed by atoms with Crippen LogP contribution in [-0.4, -0.2) is 52.5 Å². The van der Waals surface area contributed by atoms with Gasteiger partial charge in [-0.1, -0.05) is 24.1 Å². The Morgan fingerprint density at radius 1 is 1.27 bits per heavy atom. The molecule has 1 amide bonds. The topological polar surface area (TPSA) is 63.1 Å². The van der Waals surface area contributed by atoms with E-state index < -0.39 is 0 Å². The lowest BCUT2D eigenvalue weighted by Crippen LogP contribution is -2.28. The SMILES string of the molecule is CN1CCC(c2cn(-c3cccc(C(=O)NCC4CCCC4)c3)nn2)C1. The van der Waals surface area contributed by atoms with Gasteiger partial charge in [-0.15, -0.1) is 5.10 Å². The zero-order valence-corrected chi connectivity index (χ0v) is 15.4. The molecule has 0 bridgehead atoms. The van der Waals surface area contributed by atoms with Crippen LogP contribution < -0.4 is 5.32 Å². The quantitative estimate of drug-likeness (QED) is 0.897. The molecular weight excluding hydrogens is 326 g/mol. The van der Waals surface area contributed by atoms with E-state index in [9.17, 15) is 4.79 Å². The van der Waals surface area contributed by atoms with E-state index >= 15 is 0 Å². The monoisotopic (exact) mass is 353 g/mol. The summed E-state index contributed by atoms with van der Waals surface area (Å²) >= 11 is 0. The second kappa shape index (κ2) is 7.58. The third kappa shape index (κ3) is 3.80. The van der Waals surface area contributed by atoms with Crippen molar-refractivity contribution in [1.29, 1.82) is 0 Å². The van der Waals surface area contributed by atoms with Gasteiger partial charge in [0.05, 0.1) is 17.6 Å². The summed E-state index contributed by atoms with van der Waals surface area (Å²) in [5.41, 5.74) is 2.59. The average molecular weight is 353 g/mol. The molecule has 1 unspecified atom stereocenters. The molecule has 0 spiro atoms. The molecule has 26 heavy (non-hydrogen) atoms. The molecule has 4 rings (SSSR count). The normalized spacial score (nSPS) is 21.3. The Kier molecular flexibility index (Phi) is 5.02. The van der Waals surface area contributed by atoms with Crippen LogP contribution in [0.15, 0.2) is 30.5 Å². The number of nitrogens with zero attached hydrogens (tertiary/aromatic N) is 4. The summed E-state index contributed by atoms with van der Waals surface area (Å²) in [5, 5.41) is 11.7. The Labute approximate surface area is 154 Å². The average Bonchev–Trinajstić information content (AvgIpc) is 3.41. The zero-order chi connectivity index (χ0) is 17.9. The van der Waals surface area contributed by atoms with Crippen LogP contribution in [0.1, 0.15) is 54.1 Å². The van der Waals surface area contributed by atoms with Crippen molar-refractivity contribution in [2.24, 2.45) is 5.92 Å². The Bertz CT molecular complexity index is 765. The van der Waals surface area contributed by atoms with Crippen molar-refractivity contribution in [3.05, 3.63) is 41.7 Å². The van der Waals surface area contributed by atoms with Gasteiger partial charge in [-0.25, -0.2) is 4.68 Å². The summed E-state index contributed by atoms with van der Waals surface area (Å²) in [6.07, 6.45) is 8.18. The van der Waals surface area contributed by atoms with Crippen molar-refractivity contribution in [3.8, 4) is 5.69 Å². The van der Waals surface area contributed by atoms with Gasteiger partial charge in [-0.05, 0) is 57.0 Å². The van der Waals surface area contributed by atoms with Crippen LogP contribution in [0.4, 0.5) is 0 Å². The third-order valence-electron chi connectivity index (χ3n) is 5.72. The molecule has 6 nitrogen and oxygen atoms in total. The summed E-state index contributed by atoms with van der Waals surface area (Å²) in [7, 11) is 2.14. The van der Waals surface area contributed by atoms with Gasteiger partial charge in [-0.2, -0.15) is 0 Å². The van der Waals surface area contributed by atoms with Gasteiger partial charge in [0.1, 0.15) is 0 Å². The van der Waals surface area contributed by atoms with E-state index in [4.69, 9.17) is 0 Å². The molecule has 1 aromatic heterocycles. The molecule has 2 fully saturated rings. The number of carbonyl (C=O) groups is 1. The van der Waals surface area contributed by atoms with E-state index in [1.165, 1.54) is 25.7 Å². The number of carbonyl (C=O) groups excluding carboxylic acids is 1. The number of benzene rings is 1. The van der Waals surface area contributed by atoms with Crippen LogP contribution in [-0.2, 0) is 0 Å². The summed E-state index contributed by atoms with van der Waals surface area (Å²) in [4.78, 5) is 14.8. The molecule has 6 heteroatoms. The van der Waals surface area contributed by atoms with Crippen LogP contribution in [0.25, 0.3) is 5.69 Å². The number of hydrogen-bond acceptors (Lipinski definition) is 4. The Morgan fingerprint density at radius 2 is 2.12 bits per heavy atom. The van der Waals surface area contributed by atoms with Crippen LogP contribution in [0, 0.1) is 5.92 Å². The first kappa shape index (κ1) is 17.2. The van der Waals surface area contributed by atoms with Gasteiger partial charge in [0.25, 0.3) is 5.91 Å². The summed E-state index contributed by atoms with van der Waals surface area (Å²) in [6, 6.07) is 7.62. The molecule has 2 aliphatic rings. The molecule has 138 valence electrons. The minimum atomic E-state index is -0.00323. The highest BCUT2D eigenvalue weighted by molar-refractivity contribution is 5.94. The van der Waals surface area contributed by atoms with E-state index in [0.717, 1.165) is 37.4 Å². The molecule has 1 aromatic carbocycles. The lowest BCUT2D eigenvalue weighted by molar-refractivity contribution is 0.0947. The van der Waals surface area contributed by atoms with Gasteiger partial charge in [0, 0.05) is 24.6 Å². The second-order valence-corrected chi connectivity index (χ2v) is 7.75. The highest BCUT2D eigenvalue weighted by Gasteiger charge is 2.24. The van der Waals surface area contributed by atoms with Crippen LogP contribution in [0.2, 0.25) is 0 Å². The van der Waals surface area contributed by atoms with E-state index in [2.05, 4.69) is 27.6 Å². The molecule has 1 atom stereocenters. The largest absolute Gasteiger partial charge is 0.352 e. The van der Waals surface area contributed by atoms with Gasteiger partial charge in [0.2, 0.25) is 0 Å². The lowest BCUT2D eigenvalue weighted by Gasteiger charge is -2.11. The van der Waals surface area contributed by atoms with Crippen LogP contribution in [0.3, 0.4) is 0 Å². The van der Waals surface area contributed by atoms with Crippen molar-refractivity contribution in [2.75, 3.05) is 26.7 Å². The maximum atomic E-state index is 12.5. The Balaban J connectivity index is 1.43. The van der Waals surface area contributed by atoms with Crippen molar-refractivity contribution in [2.45, 2.75) is 38.0 Å². The molecule has 1 saturated carbocycles. The fourth-order valence-corrected chi connectivity index (χ4v) is 4.11. The van der Waals surface area contributed by atoms with E-state index in [0.29, 0.717) is 17.4 Å². The molecule has 1 aliphatic carbocycles. The first-order valence-electron chi connectivity index (χ1n) is 9.68. The molecule has 1 N–H and O–H groups in total. The number of rotatable bonds is 5. The number of amides is 1. The summed E-state index contributed by atoms with van der Waals surface area (Å²) in [5.74, 6) is 1.09. The van der Waals surface area contributed by atoms with Crippen molar-refractivity contribution in [1.82, 2.24) is 25.2 Å². The van der Waals surface area contributed by atoms with Crippen LogP contribution >= 0.6 is 0 Å². The number of likely N-dealkylation sites (tertiary alicyclic amines) is 1. The molecule has 1 aliphatic heterocycles. The summed E-state index contributed by atoms with van der Waals surface area (Å²) < 4.78 is 1.78. The summed E-state index contributed by atoms with van der Waals surface area (Å²) in [6.45, 7) is 2.92. The maximum Gasteiger partial charge on any atom is 0.251 e. The van der Waals surface area contributed by atoms with Gasteiger partial charge in [-0.3, -0.25) is 4.79 Å². The molecule has 0 radical (unpaired) electrons. The van der Waals surface area contributed by atoms with Crippen molar-refractivity contribution in [3.63, 3.8) is 0 Å². The minimum absolute atomic E-state index is 0.00323. The highest BCUT2D eigenvalue weighted by atomic mass is 16.1. The number of hydrogen-bond donors (Lipinski definition) is 1. The van der Waals surface area contributed by atoms with Crippen LogP contribution in [0.5, 0.6) is 0 Å². The lowest BCUT2D eigenvalue weighted by atomic mass is 10.1. The predicted molar refractivity (Wildman–Crippen MR) is 101 cm³/mol. The number of aromatic nitrogens is 3. The molecule has 1 saturated heterocycles. The van der Waals surface area contributed by atoms with Crippen molar-refractivity contribution < 1.29 is 4.79 Å². The van der Waals surface area contributed by atoms with E-state index in [1.807, 2.05) is 30.5 Å². The zero-order valence-electron chi connectivity index (χ0n) is 15.4. The molecule has 2 heterocycles. The third-order valence-corrected chi connectivity index (χ3v) is 5.72. The fraction of sp³-hybridized carbons (Fsp3) is 0.550. The van der Waals surface area contributed by atoms with Gasteiger partial charge >= 0.3 is 0 Å². The van der Waals surface area contributed by atoms with Gasteiger partial charge in [0.15, 0.2) is 0 Å². The second-order valence-electron chi connectivity index (χ2n) is 7.75. The fourth-order valence-electron chi connectivity index (χ4n) is 4.11. The number of nitrogens with one attached hydrogen (secondary N) is 1. The smallest absolute Gasteiger partial charge is 0.251 e. The van der Waals surface area contributed by atoms with Crippen molar-refractivity contribution >= 4 is 5.91 Å². The Morgan fingerprint density at radius 3 is 2.88 bits per heavy atom. The molecule has 2 aromatic rings.